The minimum absolute atomic E-state index is 0.0431. The van der Waals surface area contributed by atoms with Crippen molar-refractivity contribution in [1.29, 1.82) is 0 Å². The number of benzene rings is 2. The number of halogens is 2. The number of sulfone groups is 1. The lowest BCUT2D eigenvalue weighted by Crippen LogP contribution is -2.29. The van der Waals surface area contributed by atoms with Gasteiger partial charge in [0, 0.05) is 12.6 Å². The SMILES string of the molecule is O=S1(=O)CCC(NCc2ccc(Oc3ccccc3F)c(F)c2)C1. The monoisotopic (exact) mass is 353 g/mol. The molecule has 1 unspecified atom stereocenters. The number of rotatable bonds is 5. The summed E-state index contributed by atoms with van der Waals surface area (Å²) in [5.74, 6) is -0.967. The van der Waals surface area contributed by atoms with Crippen molar-refractivity contribution < 1.29 is 21.9 Å². The van der Waals surface area contributed by atoms with Gasteiger partial charge in [0.2, 0.25) is 0 Å². The summed E-state index contributed by atoms with van der Waals surface area (Å²) in [6.07, 6.45) is 0.569. The zero-order valence-electron chi connectivity index (χ0n) is 12.8. The normalized spacial score (nSPS) is 19.3. The second kappa shape index (κ2) is 6.86. The molecule has 1 atom stereocenters. The Morgan fingerprint density at radius 1 is 1.08 bits per heavy atom. The number of hydrogen-bond donors (Lipinski definition) is 1. The average Bonchev–Trinajstić information content (AvgIpc) is 2.89. The molecule has 3 rings (SSSR count). The third-order valence-electron chi connectivity index (χ3n) is 3.88. The van der Waals surface area contributed by atoms with E-state index in [1.165, 1.54) is 30.3 Å². The number of nitrogens with one attached hydrogen (secondary N) is 1. The first kappa shape index (κ1) is 16.9. The van der Waals surface area contributed by atoms with Crippen molar-refractivity contribution in [2.45, 2.75) is 19.0 Å². The van der Waals surface area contributed by atoms with Crippen LogP contribution in [0.2, 0.25) is 0 Å². The Balaban J connectivity index is 1.63. The summed E-state index contributed by atoms with van der Waals surface area (Å²) in [5.41, 5.74) is 0.665. The molecule has 2 aromatic rings. The van der Waals surface area contributed by atoms with Crippen molar-refractivity contribution in [3.63, 3.8) is 0 Å². The van der Waals surface area contributed by atoms with E-state index in [0.717, 1.165) is 0 Å². The van der Waals surface area contributed by atoms with Gasteiger partial charge in [-0.25, -0.2) is 17.2 Å². The van der Waals surface area contributed by atoms with E-state index < -0.39 is 21.5 Å². The number of hydrogen-bond acceptors (Lipinski definition) is 4. The van der Waals surface area contributed by atoms with Crippen molar-refractivity contribution in [3.8, 4) is 11.5 Å². The molecule has 1 saturated heterocycles. The van der Waals surface area contributed by atoms with Crippen molar-refractivity contribution in [2.24, 2.45) is 0 Å². The lowest BCUT2D eigenvalue weighted by atomic mass is 10.2. The van der Waals surface area contributed by atoms with Gasteiger partial charge >= 0.3 is 0 Å². The molecule has 0 amide bonds. The van der Waals surface area contributed by atoms with Gasteiger partial charge < -0.3 is 10.1 Å². The summed E-state index contributed by atoms with van der Waals surface area (Å²) in [6, 6.07) is 10.1. The smallest absolute Gasteiger partial charge is 0.166 e. The maximum atomic E-state index is 14.1. The maximum Gasteiger partial charge on any atom is 0.166 e. The van der Waals surface area contributed by atoms with Crippen LogP contribution in [0.3, 0.4) is 0 Å². The molecule has 1 fully saturated rings. The Kier molecular flexibility index (Phi) is 4.82. The first-order valence-electron chi connectivity index (χ1n) is 7.57. The highest BCUT2D eigenvalue weighted by Crippen LogP contribution is 2.27. The van der Waals surface area contributed by atoms with Crippen molar-refractivity contribution in [1.82, 2.24) is 5.32 Å². The molecule has 2 aromatic carbocycles. The van der Waals surface area contributed by atoms with Gasteiger partial charge in [-0.2, -0.15) is 0 Å². The Morgan fingerprint density at radius 3 is 2.50 bits per heavy atom. The minimum Gasteiger partial charge on any atom is -0.451 e. The lowest BCUT2D eigenvalue weighted by molar-refractivity contribution is 0.414. The molecule has 0 radical (unpaired) electrons. The van der Waals surface area contributed by atoms with Crippen molar-refractivity contribution in [3.05, 3.63) is 59.7 Å². The topological polar surface area (TPSA) is 55.4 Å². The molecule has 1 heterocycles. The predicted octanol–water partition coefficient (Wildman–Crippen LogP) is 3.03. The van der Waals surface area contributed by atoms with Gasteiger partial charge in [-0.3, -0.25) is 0 Å². The summed E-state index contributed by atoms with van der Waals surface area (Å²) < 4.78 is 55.7. The van der Waals surface area contributed by atoms with E-state index in [0.29, 0.717) is 18.5 Å². The summed E-state index contributed by atoms with van der Waals surface area (Å²) in [5, 5.41) is 3.11. The molecular weight excluding hydrogens is 336 g/mol. The minimum atomic E-state index is -2.95. The largest absolute Gasteiger partial charge is 0.451 e. The Labute approximate surface area is 139 Å². The number of ether oxygens (including phenoxy) is 1. The van der Waals surface area contributed by atoms with E-state index in [9.17, 15) is 17.2 Å². The lowest BCUT2D eigenvalue weighted by Gasteiger charge is -2.12. The maximum absolute atomic E-state index is 14.1. The van der Waals surface area contributed by atoms with Gasteiger partial charge in [0.25, 0.3) is 0 Å². The Hall–Kier alpha value is -1.99. The van der Waals surface area contributed by atoms with Gasteiger partial charge in [0.1, 0.15) is 0 Å². The fourth-order valence-electron chi connectivity index (χ4n) is 2.60. The highest BCUT2D eigenvalue weighted by Gasteiger charge is 2.27. The molecular formula is C17H17F2NO3S. The first-order chi connectivity index (χ1) is 11.4. The van der Waals surface area contributed by atoms with Crippen LogP contribution in [0, 0.1) is 11.6 Å². The average molecular weight is 353 g/mol. The summed E-state index contributed by atoms with van der Waals surface area (Å²) in [4.78, 5) is 0. The standard InChI is InChI=1S/C17H17F2NO3S/c18-14-3-1-2-4-16(14)23-17-6-5-12(9-15(17)19)10-20-13-7-8-24(21,22)11-13/h1-6,9,13,20H,7-8,10-11H2. The molecule has 1 aliphatic heterocycles. The van der Waals surface area contributed by atoms with Crippen LogP contribution in [0.5, 0.6) is 11.5 Å². The second-order valence-corrected chi connectivity index (χ2v) is 8.01. The third-order valence-corrected chi connectivity index (χ3v) is 5.65. The van der Waals surface area contributed by atoms with Gasteiger partial charge in [-0.05, 0) is 36.2 Å². The van der Waals surface area contributed by atoms with E-state index in [-0.39, 0.29) is 29.0 Å². The molecule has 1 N–H and O–H groups in total. The Morgan fingerprint density at radius 2 is 1.83 bits per heavy atom. The Bertz CT molecular complexity index is 839. The van der Waals surface area contributed by atoms with Crippen molar-refractivity contribution >= 4 is 9.84 Å². The molecule has 4 nitrogen and oxygen atoms in total. The molecule has 0 spiro atoms. The van der Waals surface area contributed by atoms with E-state index >= 15 is 0 Å². The van der Waals surface area contributed by atoms with Crippen LogP contribution in [-0.2, 0) is 16.4 Å². The van der Waals surface area contributed by atoms with Gasteiger partial charge in [0.05, 0.1) is 11.5 Å². The number of para-hydroxylation sites is 1. The van der Waals surface area contributed by atoms with Crippen LogP contribution >= 0.6 is 0 Å². The van der Waals surface area contributed by atoms with Crippen LogP contribution in [-0.4, -0.2) is 26.0 Å². The zero-order chi connectivity index (χ0) is 17.2. The van der Waals surface area contributed by atoms with Crippen LogP contribution in [0.4, 0.5) is 8.78 Å². The highest BCUT2D eigenvalue weighted by atomic mass is 32.2. The van der Waals surface area contributed by atoms with Gasteiger partial charge in [-0.1, -0.05) is 18.2 Å². The second-order valence-electron chi connectivity index (χ2n) is 5.78. The zero-order valence-corrected chi connectivity index (χ0v) is 13.7. The summed E-state index contributed by atoms with van der Waals surface area (Å²) in [6.45, 7) is 0.358. The van der Waals surface area contributed by atoms with E-state index in [4.69, 9.17) is 4.74 Å². The van der Waals surface area contributed by atoms with Crippen molar-refractivity contribution in [2.75, 3.05) is 11.5 Å². The first-order valence-corrected chi connectivity index (χ1v) is 9.40. The van der Waals surface area contributed by atoms with Crippen LogP contribution in [0.15, 0.2) is 42.5 Å². The summed E-state index contributed by atoms with van der Waals surface area (Å²) in [7, 11) is -2.95. The summed E-state index contributed by atoms with van der Waals surface area (Å²) >= 11 is 0. The molecule has 7 heteroatoms. The molecule has 1 aliphatic rings. The molecule has 0 saturated carbocycles. The van der Waals surface area contributed by atoms with Crippen LogP contribution < -0.4 is 10.1 Å². The van der Waals surface area contributed by atoms with Crippen LogP contribution in [0.25, 0.3) is 0 Å². The van der Waals surface area contributed by atoms with E-state index in [1.807, 2.05) is 0 Å². The molecule has 0 aliphatic carbocycles. The highest BCUT2D eigenvalue weighted by molar-refractivity contribution is 7.91. The third kappa shape index (κ3) is 4.10. The predicted molar refractivity (Wildman–Crippen MR) is 86.8 cm³/mol. The van der Waals surface area contributed by atoms with E-state index in [2.05, 4.69) is 5.32 Å². The molecule has 0 aromatic heterocycles. The van der Waals surface area contributed by atoms with Gasteiger partial charge in [0.15, 0.2) is 33.0 Å². The van der Waals surface area contributed by atoms with Gasteiger partial charge in [-0.15, -0.1) is 0 Å². The molecule has 24 heavy (non-hydrogen) atoms. The quantitative estimate of drug-likeness (QED) is 0.898. The molecule has 128 valence electrons. The molecule has 0 bridgehead atoms. The van der Waals surface area contributed by atoms with Crippen LogP contribution in [0.1, 0.15) is 12.0 Å². The van der Waals surface area contributed by atoms with E-state index in [1.54, 1.807) is 12.1 Å². The fourth-order valence-corrected chi connectivity index (χ4v) is 4.31. The fraction of sp³-hybridized carbons (Fsp3) is 0.294.